The van der Waals surface area contributed by atoms with Gasteiger partial charge in [0.2, 0.25) is 11.8 Å². The summed E-state index contributed by atoms with van der Waals surface area (Å²) in [5.41, 5.74) is 6.64. The van der Waals surface area contributed by atoms with Crippen LogP contribution in [0.15, 0.2) is 36.7 Å². The molecule has 0 saturated carbocycles. The minimum absolute atomic E-state index is 0.441. The van der Waals surface area contributed by atoms with Crippen LogP contribution in [0.5, 0.6) is 5.88 Å². The van der Waals surface area contributed by atoms with Crippen molar-refractivity contribution in [3.05, 3.63) is 47.8 Å². The highest BCUT2D eigenvalue weighted by Crippen LogP contribution is 2.11. The Morgan fingerprint density at radius 3 is 3.00 bits per heavy atom. The highest BCUT2D eigenvalue weighted by atomic mass is 16.5. The fraction of sp³-hybridized carbons (Fsp3) is 0.154. The van der Waals surface area contributed by atoms with E-state index in [1.165, 1.54) is 13.3 Å². The molecule has 2 aromatic rings. The molecular formula is C13H14N4O2. The maximum absolute atomic E-state index is 11.1. The van der Waals surface area contributed by atoms with Crippen molar-refractivity contribution in [1.82, 2.24) is 9.97 Å². The van der Waals surface area contributed by atoms with Crippen molar-refractivity contribution in [2.24, 2.45) is 5.73 Å². The molecule has 2 rings (SSSR count). The van der Waals surface area contributed by atoms with Gasteiger partial charge in [0.1, 0.15) is 5.82 Å². The molecule has 1 amide bonds. The number of nitrogens with one attached hydrogen (secondary N) is 1. The summed E-state index contributed by atoms with van der Waals surface area (Å²) in [6.07, 6.45) is 3.12. The van der Waals surface area contributed by atoms with Crippen LogP contribution in [0.2, 0.25) is 0 Å². The van der Waals surface area contributed by atoms with Gasteiger partial charge in [-0.05, 0) is 17.7 Å². The van der Waals surface area contributed by atoms with Crippen LogP contribution < -0.4 is 15.8 Å². The molecule has 0 fully saturated rings. The number of benzene rings is 1. The minimum atomic E-state index is -0.442. The Morgan fingerprint density at radius 1 is 1.42 bits per heavy atom. The molecule has 0 radical (unpaired) electrons. The van der Waals surface area contributed by atoms with E-state index in [1.807, 2.05) is 6.07 Å². The second kappa shape index (κ2) is 5.81. The van der Waals surface area contributed by atoms with Crippen molar-refractivity contribution in [3.8, 4) is 5.88 Å². The van der Waals surface area contributed by atoms with Crippen LogP contribution >= 0.6 is 0 Å². The first kappa shape index (κ1) is 12.8. The van der Waals surface area contributed by atoms with Crippen molar-refractivity contribution in [2.45, 2.75) is 6.54 Å². The van der Waals surface area contributed by atoms with E-state index in [0.29, 0.717) is 23.8 Å². The second-order valence-corrected chi connectivity index (χ2v) is 3.86. The maximum Gasteiger partial charge on any atom is 0.248 e. The molecule has 0 atom stereocenters. The lowest BCUT2D eigenvalue weighted by Crippen LogP contribution is -2.11. The molecule has 3 N–H and O–H groups in total. The predicted octanol–water partition coefficient (Wildman–Crippen LogP) is 1.20. The molecule has 0 aliphatic heterocycles. The Labute approximate surface area is 110 Å². The Hall–Kier alpha value is -2.63. The first-order valence-corrected chi connectivity index (χ1v) is 5.67. The van der Waals surface area contributed by atoms with E-state index in [0.717, 1.165) is 5.56 Å². The third-order valence-corrected chi connectivity index (χ3v) is 2.51. The summed E-state index contributed by atoms with van der Waals surface area (Å²) < 4.78 is 4.98. The molecule has 6 nitrogen and oxygen atoms in total. The van der Waals surface area contributed by atoms with Gasteiger partial charge in [0, 0.05) is 12.1 Å². The monoisotopic (exact) mass is 258 g/mol. The van der Waals surface area contributed by atoms with Crippen LogP contribution in [0.3, 0.4) is 0 Å². The van der Waals surface area contributed by atoms with Gasteiger partial charge in [0.25, 0.3) is 0 Å². The third-order valence-electron chi connectivity index (χ3n) is 2.51. The van der Waals surface area contributed by atoms with E-state index < -0.39 is 5.91 Å². The number of hydrogen-bond donors (Lipinski definition) is 2. The minimum Gasteiger partial charge on any atom is -0.480 e. The second-order valence-electron chi connectivity index (χ2n) is 3.86. The standard InChI is InChI=1S/C13H14N4O2/c1-19-12-8-15-7-11(17-12)16-6-9-3-2-4-10(5-9)13(14)18/h2-5,7-8H,6H2,1H3,(H2,14,18)(H,16,17). The van der Waals surface area contributed by atoms with Gasteiger partial charge in [0.15, 0.2) is 0 Å². The van der Waals surface area contributed by atoms with Crippen molar-refractivity contribution < 1.29 is 9.53 Å². The molecular weight excluding hydrogens is 244 g/mol. The van der Waals surface area contributed by atoms with Crippen LogP contribution in [0.25, 0.3) is 0 Å². The number of hydrogen-bond acceptors (Lipinski definition) is 5. The van der Waals surface area contributed by atoms with Gasteiger partial charge in [-0.2, -0.15) is 4.98 Å². The van der Waals surface area contributed by atoms with Crippen molar-refractivity contribution >= 4 is 11.7 Å². The predicted molar refractivity (Wildman–Crippen MR) is 70.9 cm³/mol. The first-order valence-electron chi connectivity index (χ1n) is 5.67. The summed E-state index contributed by atoms with van der Waals surface area (Å²) in [7, 11) is 1.53. The third kappa shape index (κ3) is 3.41. The average Bonchev–Trinajstić information content (AvgIpc) is 2.45. The highest BCUT2D eigenvalue weighted by molar-refractivity contribution is 5.92. The number of carbonyl (C=O) groups excluding carboxylic acids is 1. The topological polar surface area (TPSA) is 90.1 Å². The Balaban J connectivity index is 2.05. The molecule has 1 heterocycles. The molecule has 0 saturated heterocycles. The number of rotatable bonds is 5. The lowest BCUT2D eigenvalue weighted by atomic mass is 10.1. The summed E-state index contributed by atoms with van der Waals surface area (Å²) in [4.78, 5) is 19.2. The van der Waals surface area contributed by atoms with E-state index in [4.69, 9.17) is 10.5 Å². The zero-order valence-electron chi connectivity index (χ0n) is 10.5. The van der Waals surface area contributed by atoms with E-state index in [2.05, 4.69) is 15.3 Å². The Kier molecular flexibility index (Phi) is 3.92. The zero-order valence-corrected chi connectivity index (χ0v) is 10.5. The lowest BCUT2D eigenvalue weighted by Gasteiger charge is -2.07. The Morgan fingerprint density at radius 2 is 2.26 bits per heavy atom. The smallest absolute Gasteiger partial charge is 0.248 e. The number of aromatic nitrogens is 2. The summed E-state index contributed by atoms with van der Waals surface area (Å²) in [5.74, 6) is 0.600. The SMILES string of the molecule is COc1cncc(NCc2cccc(C(N)=O)c2)n1. The van der Waals surface area contributed by atoms with Crippen LogP contribution in [-0.2, 0) is 6.54 Å². The number of amides is 1. The number of ether oxygens (including phenoxy) is 1. The van der Waals surface area contributed by atoms with Gasteiger partial charge in [-0.3, -0.25) is 9.78 Å². The van der Waals surface area contributed by atoms with E-state index >= 15 is 0 Å². The summed E-state index contributed by atoms with van der Waals surface area (Å²) in [6.45, 7) is 0.517. The van der Waals surface area contributed by atoms with Crippen LogP contribution in [0.4, 0.5) is 5.82 Å². The zero-order chi connectivity index (χ0) is 13.7. The van der Waals surface area contributed by atoms with Gasteiger partial charge in [-0.25, -0.2) is 0 Å². The highest BCUT2D eigenvalue weighted by Gasteiger charge is 2.02. The number of primary amides is 1. The van der Waals surface area contributed by atoms with Gasteiger partial charge in [-0.1, -0.05) is 12.1 Å². The molecule has 0 bridgehead atoms. The molecule has 19 heavy (non-hydrogen) atoms. The molecule has 1 aromatic carbocycles. The number of methoxy groups -OCH3 is 1. The van der Waals surface area contributed by atoms with Gasteiger partial charge in [0.05, 0.1) is 19.5 Å². The molecule has 98 valence electrons. The maximum atomic E-state index is 11.1. The molecule has 0 spiro atoms. The number of anilines is 1. The summed E-state index contributed by atoms with van der Waals surface area (Å²) in [6, 6.07) is 7.10. The van der Waals surface area contributed by atoms with Gasteiger partial charge < -0.3 is 15.8 Å². The summed E-state index contributed by atoms with van der Waals surface area (Å²) >= 11 is 0. The molecule has 0 aliphatic carbocycles. The quantitative estimate of drug-likeness (QED) is 0.840. The van der Waals surface area contributed by atoms with Gasteiger partial charge >= 0.3 is 0 Å². The van der Waals surface area contributed by atoms with Crippen LogP contribution in [-0.4, -0.2) is 23.0 Å². The molecule has 0 aliphatic rings. The van der Waals surface area contributed by atoms with Gasteiger partial charge in [-0.15, -0.1) is 0 Å². The van der Waals surface area contributed by atoms with Crippen LogP contribution in [0, 0.1) is 0 Å². The van der Waals surface area contributed by atoms with Crippen molar-refractivity contribution in [1.29, 1.82) is 0 Å². The first-order chi connectivity index (χ1) is 9.19. The van der Waals surface area contributed by atoms with E-state index in [9.17, 15) is 4.79 Å². The fourth-order valence-corrected chi connectivity index (χ4v) is 1.56. The van der Waals surface area contributed by atoms with Crippen molar-refractivity contribution in [3.63, 3.8) is 0 Å². The van der Waals surface area contributed by atoms with E-state index in [-0.39, 0.29) is 0 Å². The molecule has 1 aromatic heterocycles. The average molecular weight is 258 g/mol. The number of nitrogens with two attached hydrogens (primary N) is 1. The number of carbonyl (C=O) groups is 1. The Bertz CT molecular complexity index is 586. The molecule has 6 heteroatoms. The van der Waals surface area contributed by atoms with Crippen molar-refractivity contribution in [2.75, 3.05) is 12.4 Å². The largest absolute Gasteiger partial charge is 0.480 e. The molecule has 0 unspecified atom stereocenters. The van der Waals surface area contributed by atoms with Crippen LogP contribution in [0.1, 0.15) is 15.9 Å². The van der Waals surface area contributed by atoms with E-state index in [1.54, 1.807) is 24.4 Å². The normalized spacial score (nSPS) is 9.95. The number of nitrogens with zero attached hydrogens (tertiary/aromatic N) is 2. The fourth-order valence-electron chi connectivity index (χ4n) is 1.56. The summed E-state index contributed by atoms with van der Waals surface area (Å²) in [5, 5.41) is 3.10. The lowest BCUT2D eigenvalue weighted by molar-refractivity contribution is 0.1000.